The maximum absolute atomic E-state index is 13.0. The number of carbonyl (C=O) groups excluding carboxylic acids is 2. The van der Waals surface area contributed by atoms with E-state index in [1.54, 1.807) is 60.6 Å². The average Bonchev–Trinajstić information content (AvgIpc) is 2.93. The van der Waals surface area contributed by atoms with Gasteiger partial charge in [-0.25, -0.2) is 17.9 Å². The van der Waals surface area contributed by atoms with E-state index in [0.29, 0.717) is 28.2 Å². The fraction of sp³-hybridized carbons (Fsp3) is 0.455. The maximum Gasteiger partial charge on any atom is 0.340 e. The van der Waals surface area contributed by atoms with Crippen molar-refractivity contribution in [3.8, 4) is 0 Å². The number of hydrogen-bond donors (Lipinski definition) is 3. The van der Waals surface area contributed by atoms with Crippen LogP contribution in [0.15, 0.2) is 29.2 Å². The lowest BCUT2D eigenvalue weighted by atomic mass is 10.0. The molecule has 1 aromatic carbocycles. The predicted octanol–water partition coefficient (Wildman–Crippen LogP) is 3.57. The Labute approximate surface area is 183 Å². The van der Waals surface area contributed by atoms with Gasteiger partial charge in [-0.3, -0.25) is 4.79 Å². The Bertz CT molecular complexity index is 1080. The first-order valence-corrected chi connectivity index (χ1v) is 11.6. The Morgan fingerprint density at radius 2 is 1.84 bits per heavy atom. The number of hydrogen-bond acceptors (Lipinski definition) is 6. The van der Waals surface area contributed by atoms with E-state index in [-0.39, 0.29) is 17.3 Å². The van der Waals surface area contributed by atoms with Gasteiger partial charge in [-0.1, -0.05) is 6.07 Å². The van der Waals surface area contributed by atoms with Crippen molar-refractivity contribution >= 4 is 27.5 Å². The van der Waals surface area contributed by atoms with E-state index in [2.05, 4.69) is 15.0 Å². The van der Waals surface area contributed by atoms with Gasteiger partial charge in [-0.15, -0.1) is 0 Å². The molecule has 1 unspecified atom stereocenters. The van der Waals surface area contributed by atoms with Gasteiger partial charge in [0.1, 0.15) is 0 Å². The lowest BCUT2D eigenvalue weighted by Gasteiger charge is -2.21. The van der Waals surface area contributed by atoms with Gasteiger partial charge in [0.25, 0.3) is 0 Å². The number of esters is 1. The highest BCUT2D eigenvalue weighted by Crippen LogP contribution is 2.22. The Morgan fingerprint density at radius 3 is 2.42 bits per heavy atom. The number of nitrogens with one attached hydrogen (secondary N) is 3. The molecule has 3 N–H and O–H groups in total. The number of ketones is 1. The van der Waals surface area contributed by atoms with Crippen LogP contribution in [0.4, 0.5) is 5.69 Å². The number of benzene rings is 1. The third kappa shape index (κ3) is 5.95. The monoisotopic (exact) mass is 449 g/mol. The van der Waals surface area contributed by atoms with Crippen LogP contribution in [0, 0.1) is 13.8 Å². The van der Waals surface area contributed by atoms with Crippen LogP contribution < -0.4 is 10.0 Å². The van der Waals surface area contributed by atoms with E-state index in [0.717, 1.165) is 0 Å². The first-order chi connectivity index (χ1) is 14.3. The second kappa shape index (κ2) is 9.23. The molecule has 9 heteroatoms. The summed E-state index contributed by atoms with van der Waals surface area (Å²) in [5.41, 5.74) is 1.64. The van der Waals surface area contributed by atoms with Gasteiger partial charge < -0.3 is 15.0 Å². The van der Waals surface area contributed by atoms with Gasteiger partial charge >= 0.3 is 5.97 Å². The fourth-order valence-corrected chi connectivity index (χ4v) is 4.72. The summed E-state index contributed by atoms with van der Waals surface area (Å²) >= 11 is 0. The summed E-state index contributed by atoms with van der Waals surface area (Å²) in [5, 5.41) is 3.05. The molecule has 0 amide bonds. The Hall–Kier alpha value is -2.65. The first-order valence-electron chi connectivity index (χ1n) is 10.1. The first kappa shape index (κ1) is 24.6. The topological polar surface area (TPSA) is 117 Å². The van der Waals surface area contributed by atoms with Crippen LogP contribution in [0.5, 0.6) is 0 Å². The molecule has 2 rings (SSSR count). The minimum absolute atomic E-state index is 0.101. The molecule has 0 aliphatic rings. The molecule has 1 aromatic heterocycles. The maximum atomic E-state index is 13.0. The van der Waals surface area contributed by atoms with Gasteiger partial charge in [-0.2, -0.15) is 0 Å². The highest BCUT2D eigenvalue weighted by atomic mass is 32.2. The number of carbonyl (C=O) groups is 2. The van der Waals surface area contributed by atoms with Gasteiger partial charge in [0.05, 0.1) is 28.8 Å². The second-order valence-corrected chi connectivity index (χ2v) is 10.1. The molecule has 0 spiro atoms. The zero-order valence-corrected chi connectivity index (χ0v) is 19.9. The number of rotatable bonds is 8. The predicted molar refractivity (Wildman–Crippen MR) is 120 cm³/mol. The Morgan fingerprint density at radius 1 is 1.19 bits per heavy atom. The van der Waals surface area contributed by atoms with Crippen molar-refractivity contribution in [2.24, 2.45) is 0 Å². The van der Waals surface area contributed by atoms with Gasteiger partial charge in [0.15, 0.2) is 0 Å². The van der Waals surface area contributed by atoms with Crippen LogP contribution in [0.25, 0.3) is 0 Å². The van der Waals surface area contributed by atoms with Gasteiger partial charge in [0, 0.05) is 16.9 Å². The summed E-state index contributed by atoms with van der Waals surface area (Å²) in [5.74, 6) is -0.727. The molecule has 0 saturated heterocycles. The zero-order chi connectivity index (χ0) is 23.6. The van der Waals surface area contributed by atoms with Crippen LogP contribution in [0.1, 0.15) is 66.7 Å². The molecular formula is C22H31N3O5S. The lowest BCUT2D eigenvalue weighted by molar-refractivity contribution is 0.0525. The smallest absolute Gasteiger partial charge is 0.340 e. The summed E-state index contributed by atoms with van der Waals surface area (Å²) in [6.45, 7) is 12.3. The second-order valence-electron chi connectivity index (χ2n) is 8.46. The Kier molecular flexibility index (Phi) is 7.33. The SMILES string of the molecule is CCOC(=O)c1c(C)[nH]c(C(=O)C(C)Nc2cccc(S(=O)(=O)NC(C)(C)C)c2)c1C. The third-order valence-electron chi connectivity index (χ3n) is 4.52. The number of anilines is 1. The van der Waals surface area contributed by atoms with Crippen molar-refractivity contribution in [3.05, 3.63) is 46.8 Å². The van der Waals surface area contributed by atoms with Crippen molar-refractivity contribution in [1.29, 1.82) is 0 Å². The zero-order valence-electron chi connectivity index (χ0n) is 19.0. The summed E-state index contributed by atoms with van der Waals surface area (Å²) < 4.78 is 32.9. The highest BCUT2D eigenvalue weighted by molar-refractivity contribution is 7.89. The van der Waals surface area contributed by atoms with E-state index >= 15 is 0 Å². The number of aromatic nitrogens is 1. The number of aromatic amines is 1. The molecule has 0 aliphatic carbocycles. The van der Waals surface area contributed by atoms with Crippen molar-refractivity contribution < 1.29 is 22.7 Å². The number of ether oxygens (including phenoxy) is 1. The minimum atomic E-state index is -3.71. The molecule has 0 radical (unpaired) electrons. The summed E-state index contributed by atoms with van der Waals surface area (Å²) in [4.78, 5) is 28.3. The molecule has 8 nitrogen and oxygen atoms in total. The molecule has 1 atom stereocenters. The van der Waals surface area contributed by atoms with Crippen molar-refractivity contribution in [1.82, 2.24) is 9.71 Å². The van der Waals surface area contributed by atoms with Crippen LogP contribution >= 0.6 is 0 Å². The molecule has 0 bridgehead atoms. The molecule has 0 aliphatic heterocycles. The van der Waals surface area contributed by atoms with Crippen molar-refractivity contribution in [2.45, 2.75) is 64.9 Å². The normalized spacial score (nSPS) is 13.0. The molecule has 2 aromatic rings. The van der Waals surface area contributed by atoms with Crippen LogP contribution in [-0.2, 0) is 14.8 Å². The summed E-state index contributed by atoms with van der Waals surface area (Å²) in [7, 11) is -3.71. The van der Waals surface area contributed by atoms with E-state index in [1.807, 2.05) is 0 Å². The molecule has 0 saturated carbocycles. The largest absolute Gasteiger partial charge is 0.462 e. The van der Waals surface area contributed by atoms with Crippen LogP contribution in [0.2, 0.25) is 0 Å². The number of aryl methyl sites for hydroxylation is 1. The Balaban J connectivity index is 2.25. The van der Waals surface area contributed by atoms with Crippen molar-refractivity contribution in [2.75, 3.05) is 11.9 Å². The summed E-state index contributed by atoms with van der Waals surface area (Å²) in [6.07, 6.45) is 0. The number of H-pyrrole nitrogens is 1. The minimum Gasteiger partial charge on any atom is -0.462 e. The van der Waals surface area contributed by atoms with Crippen LogP contribution in [-0.4, -0.2) is 43.3 Å². The molecule has 0 fully saturated rings. The fourth-order valence-electron chi connectivity index (χ4n) is 3.25. The average molecular weight is 450 g/mol. The third-order valence-corrected chi connectivity index (χ3v) is 6.28. The number of Topliss-reactive ketones (excluding diaryl/α,β-unsaturated/α-hetero) is 1. The van der Waals surface area contributed by atoms with Gasteiger partial charge in [0.2, 0.25) is 15.8 Å². The standard InChI is InChI=1S/C22H31N3O5S/c1-8-30-21(27)18-13(2)19(24-14(18)3)20(26)15(4)23-16-10-9-11-17(12-16)31(28,29)25-22(5,6)7/h9-12,15,23-25H,8H2,1-7H3. The van der Waals surface area contributed by atoms with E-state index < -0.39 is 27.6 Å². The van der Waals surface area contributed by atoms with E-state index in [1.165, 1.54) is 12.1 Å². The number of sulfonamides is 1. The summed E-state index contributed by atoms with van der Waals surface area (Å²) in [6, 6.07) is 5.61. The van der Waals surface area contributed by atoms with E-state index in [4.69, 9.17) is 4.74 Å². The van der Waals surface area contributed by atoms with Crippen molar-refractivity contribution in [3.63, 3.8) is 0 Å². The molecule has 170 valence electrons. The molecular weight excluding hydrogens is 418 g/mol. The van der Waals surface area contributed by atoms with Crippen LogP contribution in [0.3, 0.4) is 0 Å². The molecule has 31 heavy (non-hydrogen) atoms. The lowest BCUT2D eigenvalue weighted by Crippen LogP contribution is -2.40. The van der Waals surface area contributed by atoms with Gasteiger partial charge in [-0.05, 0) is 72.2 Å². The van der Waals surface area contributed by atoms with E-state index in [9.17, 15) is 18.0 Å². The molecule has 1 heterocycles. The quantitative estimate of drug-likeness (QED) is 0.419. The highest BCUT2D eigenvalue weighted by Gasteiger charge is 2.26.